The van der Waals surface area contributed by atoms with Gasteiger partial charge in [-0.25, -0.2) is 0 Å². The van der Waals surface area contributed by atoms with E-state index < -0.39 is 12.2 Å². The SMILES string of the molecule is CCn1ncc(Br)c1C(NC)C(F)(F)F. The van der Waals surface area contributed by atoms with Gasteiger partial charge in [0.15, 0.2) is 0 Å². The van der Waals surface area contributed by atoms with E-state index in [9.17, 15) is 13.2 Å². The normalized spacial score (nSPS) is 14.3. The van der Waals surface area contributed by atoms with E-state index in [1.807, 2.05) is 0 Å². The zero-order chi connectivity index (χ0) is 11.6. The van der Waals surface area contributed by atoms with Crippen LogP contribution in [0, 0.1) is 0 Å². The molecule has 0 aliphatic heterocycles. The van der Waals surface area contributed by atoms with Gasteiger partial charge in [0.2, 0.25) is 0 Å². The van der Waals surface area contributed by atoms with Gasteiger partial charge in [0.1, 0.15) is 6.04 Å². The molecule has 0 aliphatic carbocycles. The Bertz CT molecular complexity index is 334. The molecule has 0 amide bonds. The van der Waals surface area contributed by atoms with Crippen molar-refractivity contribution in [2.24, 2.45) is 0 Å². The fourth-order valence-electron chi connectivity index (χ4n) is 1.37. The van der Waals surface area contributed by atoms with Crippen LogP contribution in [0.5, 0.6) is 0 Å². The highest BCUT2D eigenvalue weighted by molar-refractivity contribution is 9.10. The summed E-state index contributed by atoms with van der Waals surface area (Å²) in [5, 5.41) is 6.09. The van der Waals surface area contributed by atoms with Crippen LogP contribution in [-0.2, 0) is 6.54 Å². The lowest BCUT2D eigenvalue weighted by Crippen LogP contribution is -2.33. The molecule has 0 saturated carbocycles. The summed E-state index contributed by atoms with van der Waals surface area (Å²) >= 11 is 3.07. The van der Waals surface area contributed by atoms with Gasteiger partial charge in [-0.3, -0.25) is 4.68 Å². The molecule has 1 heterocycles. The first-order valence-corrected chi connectivity index (χ1v) is 5.16. The Kier molecular flexibility index (Phi) is 3.77. The summed E-state index contributed by atoms with van der Waals surface area (Å²) in [4.78, 5) is 0. The van der Waals surface area contributed by atoms with Crippen molar-refractivity contribution in [3.05, 3.63) is 16.4 Å². The number of rotatable bonds is 3. The molecule has 1 atom stereocenters. The highest BCUT2D eigenvalue weighted by atomic mass is 79.9. The van der Waals surface area contributed by atoms with Gasteiger partial charge in [0.05, 0.1) is 16.4 Å². The lowest BCUT2D eigenvalue weighted by molar-refractivity contribution is -0.158. The number of hydrogen-bond acceptors (Lipinski definition) is 2. The monoisotopic (exact) mass is 285 g/mol. The van der Waals surface area contributed by atoms with E-state index >= 15 is 0 Å². The highest BCUT2D eigenvalue weighted by Crippen LogP contribution is 2.35. The summed E-state index contributed by atoms with van der Waals surface area (Å²) in [6.45, 7) is 2.14. The fourth-order valence-corrected chi connectivity index (χ4v) is 1.89. The van der Waals surface area contributed by atoms with Gasteiger partial charge in [-0.05, 0) is 29.9 Å². The molecule has 1 aromatic rings. The Morgan fingerprint density at radius 3 is 2.60 bits per heavy atom. The van der Waals surface area contributed by atoms with Gasteiger partial charge in [0, 0.05) is 6.54 Å². The third-order valence-electron chi connectivity index (χ3n) is 2.02. The molecular formula is C8H11BrF3N3. The molecular weight excluding hydrogens is 275 g/mol. The molecule has 86 valence electrons. The zero-order valence-corrected chi connectivity index (χ0v) is 9.85. The average Bonchev–Trinajstić information content (AvgIpc) is 2.47. The first-order valence-electron chi connectivity index (χ1n) is 4.37. The topological polar surface area (TPSA) is 29.9 Å². The van der Waals surface area contributed by atoms with Crippen LogP contribution in [-0.4, -0.2) is 23.0 Å². The van der Waals surface area contributed by atoms with Crippen molar-refractivity contribution < 1.29 is 13.2 Å². The molecule has 1 unspecified atom stereocenters. The van der Waals surface area contributed by atoms with E-state index in [1.165, 1.54) is 17.9 Å². The van der Waals surface area contributed by atoms with Crippen LogP contribution in [0.25, 0.3) is 0 Å². The minimum atomic E-state index is -4.33. The van der Waals surface area contributed by atoms with Crippen LogP contribution in [0.2, 0.25) is 0 Å². The smallest absolute Gasteiger partial charge is 0.304 e. The Labute approximate surface area is 93.8 Å². The Morgan fingerprint density at radius 2 is 2.20 bits per heavy atom. The minimum Gasteiger partial charge on any atom is -0.304 e. The van der Waals surface area contributed by atoms with Crippen molar-refractivity contribution in [1.29, 1.82) is 0 Å². The highest BCUT2D eigenvalue weighted by Gasteiger charge is 2.42. The number of hydrogen-bond donors (Lipinski definition) is 1. The third kappa shape index (κ3) is 2.52. The molecule has 1 aromatic heterocycles. The molecule has 0 spiro atoms. The maximum atomic E-state index is 12.7. The minimum absolute atomic E-state index is 0.104. The standard InChI is InChI=1S/C8H11BrF3N3/c1-3-15-6(5(9)4-14-15)7(13-2)8(10,11)12/h4,7,13H,3H2,1-2H3. The molecule has 0 aliphatic rings. The van der Waals surface area contributed by atoms with Gasteiger partial charge in [-0.1, -0.05) is 0 Å². The molecule has 0 saturated heterocycles. The van der Waals surface area contributed by atoms with Gasteiger partial charge in [-0.2, -0.15) is 18.3 Å². The zero-order valence-electron chi connectivity index (χ0n) is 8.27. The lowest BCUT2D eigenvalue weighted by atomic mass is 10.2. The van der Waals surface area contributed by atoms with E-state index in [0.29, 0.717) is 11.0 Å². The first-order chi connectivity index (χ1) is 6.91. The van der Waals surface area contributed by atoms with Crippen LogP contribution in [0.15, 0.2) is 10.7 Å². The quantitative estimate of drug-likeness (QED) is 0.925. The Hall–Kier alpha value is -0.560. The van der Waals surface area contributed by atoms with Crippen molar-refractivity contribution in [3.63, 3.8) is 0 Å². The van der Waals surface area contributed by atoms with Crippen LogP contribution in [0.1, 0.15) is 18.7 Å². The van der Waals surface area contributed by atoms with Crippen molar-refractivity contribution >= 4 is 15.9 Å². The van der Waals surface area contributed by atoms with E-state index in [-0.39, 0.29) is 5.69 Å². The van der Waals surface area contributed by atoms with Crippen LogP contribution in [0.4, 0.5) is 13.2 Å². The van der Waals surface area contributed by atoms with Crippen LogP contribution < -0.4 is 5.32 Å². The molecule has 0 bridgehead atoms. The van der Waals surface area contributed by atoms with Gasteiger partial charge in [0.25, 0.3) is 0 Å². The largest absolute Gasteiger partial charge is 0.409 e. The summed E-state index contributed by atoms with van der Waals surface area (Å²) in [6.07, 6.45) is -2.96. The molecule has 0 aromatic carbocycles. The van der Waals surface area contributed by atoms with Crippen molar-refractivity contribution in [3.8, 4) is 0 Å². The molecule has 15 heavy (non-hydrogen) atoms. The molecule has 1 rings (SSSR count). The second-order valence-electron chi connectivity index (χ2n) is 2.96. The number of halogens is 4. The predicted octanol–water partition coefficient (Wildman–Crippen LogP) is 2.49. The molecule has 0 fully saturated rings. The summed E-state index contributed by atoms with van der Waals surface area (Å²) in [5.41, 5.74) is 0.104. The first kappa shape index (κ1) is 12.5. The van der Waals surface area contributed by atoms with Crippen molar-refractivity contribution in [1.82, 2.24) is 15.1 Å². The summed E-state index contributed by atoms with van der Waals surface area (Å²) in [6, 6.07) is -1.70. The molecule has 1 N–H and O–H groups in total. The van der Waals surface area contributed by atoms with E-state index in [0.717, 1.165) is 0 Å². The fraction of sp³-hybridized carbons (Fsp3) is 0.625. The lowest BCUT2D eigenvalue weighted by Gasteiger charge is -2.20. The van der Waals surface area contributed by atoms with Gasteiger partial charge in [-0.15, -0.1) is 0 Å². The molecule has 7 heteroatoms. The second kappa shape index (κ2) is 4.52. The van der Waals surface area contributed by atoms with E-state index in [1.54, 1.807) is 6.92 Å². The maximum Gasteiger partial charge on any atom is 0.409 e. The van der Waals surface area contributed by atoms with Crippen molar-refractivity contribution in [2.75, 3.05) is 7.05 Å². The van der Waals surface area contributed by atoms with E-state index in [2.05, 4.69) is 26.3 Å². The van der Waals surface area contributed by atoms with Crippen LogP contribution in [0.3, 0.4) is 0 Å². The summed E-state index contributed by atoms with van der Waals surface area (Å²) in [7, 11) is 1.28. The number of alkyl halides is 3. The Morgan fingerprint density at radius 1 is 1.60 bits per heavy atom. The number of aryl methyl sites for hydroxylation is 1. The van der Waals surface area contributed by atoms with Crippen molar-refractivity contribution in [2.45, 2.75) is 25.7 Å². The molecule has 3 nitrogen and oxygen atoms in total. The number of nitrogens with one attached hydrogen (secondary N) is 1. The number of aromatic nitrogens is 2. The number of nitrogens with zero attached hydrogens (tertiary/aromatic N) is 2. The van der Waals surface area contributed by atoms with E-state index in [4.69, 9.17) is 0 Å². The van der Waals surface area contributed by atoms with Gasteiger partial charge >= 0.3 is 6.18 Å². The summed E-state index contributed by atoms with van der Waals surface area (Å²) < 4.78 is 39.6. The average molecular weight is 286 g/mol. The maximum absolute atomic E-state index is 12.7. The summed E-state index contributed by atoms with van der Waals surface area (Å²) in [5.74, 6) is 0. The molecule has 0 radical (unpaired) electrons. The third-order valence-corrected chi connectivity index (χ3v) is 2.63. The van der Waals surface area contributed by atoms with Crippen LogP contribution >= 0.6 is 15.9 Å². The second-order valence-corrected chi connectivity index (χ2v) is 3.81. The predicted molar refractivity (Wildman–Crippen MR) is 53.5 cm³/mol. The Balaban J connectivity index is 3.16. The van der Waals surface area contributed by atoms with Gasteiger partial charge < -0.3 is 5.32 Å².